The third-order valence-corrected chi connectivity index (χ3v) is 2.89. The minimum atomic E-state index is -0.206. The summed E-state index contributed by atoms with van der Waals surface area (Å²) in [5, 5.41) is 0. The second kappa shape index (κ2) is 10.8. The van der Waals surface area contributed by atoms with E-state index in [2.05, 4.69) is 6.92 Å². The smallest absolute Gasteiger partial charge is 0.198 e. The molecule has 0 fully saturated rings. The number of Topliss-reactive ketones (excluding diaryl/α,β-unsaturated/α-hetero) is 2. The number of rotatable bonds is 11. The average molecular weight is 226 g/mol. The van der Waals surface area contributed by atoms with Crippen LogP contribution in [0.3, 0.4) is 0 Å². The van der Waals surface area contributed by atoms with E-state index in [1.54, 1.807) is 6.92 Å². The van der Waals surface area contributed by atoms with Crippen LogP contribution < -0.4 is 0 Å². The monoisotopic (exact) mass is 226 g/mol. The highest BCUT2D eigenvalue weighted by atomic mass is 16.2. The van der Waals surface area contributed by atoms with E-state index >= 15 is 0 Å². The Bertz CT molecular complexity index is 197. The zero-order chi connectivity index (χ0) is 12.2. The van der Waals surface area contributed by atoms with Crippen molar-refractivity contribution in [2.45, 2.75) is 78.1 Å². The second-order valence-electron chi connectivity index (χ2n) is 4.42. The van der Waals surface area contributed by atoms with E-state index in [1.807, 2.05) is 0 Å². The van der Waals surface area contributed by atoms with E-state index in [-0.39, 0.29) is 11.6 Å². The van der Waals surface area contributed by atoms with Gasteiger partial charge in [0.25, 0.3) is 0 Å². The van der Waals surface area contributed by atoms with Crippen molar-refractivity contribution in [1.82, 2.24) is 0 Å². The maximum atomic E-state index is 11.2. The van der Waals surface area contributed by atoms with E-state index < -0.39 is 0 Å². The van der Waals surface area contributed by atoms with Crippen LogP contribution >= 0.6 is 0 Å². The number of carbonyl (C=O) groups excluding carboxylic acids is 2. The van der Waals surface area contributed by atoms with Gasteiger partial charge in [-0.3, -0.25) is 9.59 Å². The van der Waals surface area contributed by atoms with Crippen LogP contribution in [0.15, 0.2) is 0 Å². The molecule has 2 nitrogen and oxygen atoms in total. The molecule has 0 rings (SSSR count). The van der Waals surface area contributed by atoms with Crippen molar-refractivity contribution >= 4 is 11.6 Å². The van der Waals surface area contributed by atoms with Crippen LogP contribution in [0, 0.1) is 0 Å². The molecule has 0 aromatic carbocycles. The highest BCUT2D eigenvalue weighted by Crippen LogP contribution is 2.09. The number of hydrogen-bond donors (Lipinski definition) is 0. The second-order valence-corrected chi connectivity index (χ2v) is 4.42. The summed E-state index contributed by atoms with van der Waals surface area (Å²) in [5.41, 5.74) is 0. The van der Waals surface area contributed by atoms with E-state index in [0.717, 1.165) is 12.8 Å². The zero-order valence-corrected chi connectivity index (χ0v) is 10.9. The van der Waals surface area contributed by atoms with Gasteiger partial charge in [0, 0.05) is 12.8 Å². The fourth-order valence-electron chi connectivity index (χ4n) is 1.76. The molecule has 0 bridgehead atoms. The Hall–Kier alpha value is -0.660. The summed E-state index contributed by atoms with van der Waals surface area (Å²) in [7, 11) is 0. The maximum Gasteiger partial charge on any atom is 0.198 e. The summed E-state index contributed by atoms with van der Waals surface area (Å²) in [6.07, 6.45) is 10.6. The molecule has 0 aromatic heterocycles. The third kappa shape index (κ3) is 8.63. The molecule has 0 saturated heterocycles. The predicted molar refractivity (Wildman–Crippen MR) is 67.5 cm³/mol. The van der Waals surface area contributed by atoms with Crippen LogP contribution in [0.25, 0.3) is 0 Å². The molecular weight excluding hydrogens is 200 g/mol. The van der Waals surface area contributed by atoms with Gasteiger partial charge in [0.1, 0.15) is 0 Å². The van der Waals surface area contributed by atoms with Crippen molar-refractivity contribution in [2.24, 2.45) is 0 Å². The first-order valence-electron chi connectivity index (χ1n) is 6.78. The molecule has 94 valence electrons. The first-order chi connectivity index (χ1) is 7.72. The zero-order valence-electron chi connectivity index (χ0n) is 10.9. The predicted octanol–water partition coefficient (Wildman–Crippen LogP) is 4.07. The van der Waals surface area contributed by atoms with E-state index in [1.165, 1.54) is 38.5 Å². The van der Waals surface area contributed by atoms with Gasteiger partial charge in [-0.15, -0.1) is 0 Å². The van der Waals surface area contributed by atoms with Crippen molar-refractivity contribution in [3.05, 3.63) is 0 Å². The quantitative estimate of drug-likeness (QED) is 0.393. The fourth-order valence-corrected chi connectivity index (χ4v) is 1.76. The van der Waals surface area contributed by atoms with Gasteiger partial charge >= 0.3 is 0 Å². The molecule has 0 atom stereocenters. The Morgan fingerprint density at radius 3 is 1.69 bits per heavy atom. The highest BCUT2D eigenvalue weighted by Gasteiger charge is 2.09. The van der Waals surface area contributed by atoms with Crippen LogP contribution in [0.2, 0.25) is 0 Å². The lowest BCUT2D eigenvalue weighted by molar-refractivity contribution is -0.136. The molecule has 0 aliphatic rings. The summed E-state index contributed by atoms with van der Waals surface area (Å²) in [4.78, 5) is 22.2. The van der Waals surface area contributed by atoms with Crippen LogP contribution in [0.4, 0.5) is 0 Å². The third-order valence-electron chi connectivity index (χ3n) is 2.89. The molecule has 0 radical (unpaired) electrons. The van der Waals surface area contributed by atoms with Crippen molar-refractivity contribution in [2.75, 3.05) is 0 Å². The molecule has 0 saturated carbocycles. The van der Waals surface area contributed by atoms with Crippen LogP contribution in [-0.2, 0) is 9.59 Å². The van der Waals surface area contributed by atoms with E-state index in [9.17, 15) is 9.59 Å². The highest BCUT2D eigenvalue weighted by molar-refractivity contribution is 6.37. The molecule has 0 heterocycles. The Labute approximate surface area is 99.8 Å². The SMILES string of the molecule is CCCCCCCCCCC(=O)C(=O)CC. The minimum absolute atomic E-state index is 0.173. The first kappa shape index (κ1) is 15.3. The summed E-state index contributed by atoms with van der Waals surface area (Å²) in [6, 6.07) is 0. The Kier molecular flexibility index (Phi) is 10.4. The fraction of sp³-hybridized carbons (Fsp3) is 0.857. The molecule has 16 heavy (non-hydrogen) atoms. The summed E-state index contributed by atoms with van der Waals surface area (Å²) < 4.78 is 0. The lowest BCUT2D eigenvalue weighted by atomic mass is 10.0. The van der Waals surface area contributed by atoms with Crippen LogP contribution in [0.5, 0.6) is 0 Å². The summed E-state index contributed by atoms with van der Waals surface area (Å²) in [5.74, 6) is -0.378. The molecule has 0 spiro atoms. The van der Waals surface area contributed by atoms with Crippen LogP contribution in [-0.4, -0.2) is 11.6 Å². The lowest BCUT2D eigenvalue weighted by Crippen LogP contribution is -2.11. The summed E-state index contributed by atoms with van der Waals surface area (Å²) >= 11 is 0. The average Bonchev–Trinajstić information content (AvgIpc) is 2.31. The van der Waals surface area contributed by atoms with Crippen molar-refractivity contribution in [3.63, 3.8) is 0 Å². The Balaban J connectivity index is 3.21. The molecule has 0 aliphatic heterocycles. The maximum absolute atomic E-state index is 11.2. The van der Waals surface area contributed by atoms with Gasteiger partial charge in [-0.1, -0.05) is 58.8 Å². The number of carbonyl (C=O) groups is 2. The van der Waals surface area contributed by atoms with Gasteiger partial charge in [0.05, 0.1) is 0 Å². The topological polar surface area (TPSA) is 34.1 Å². The normalized spacial score (nSPS) is 10.4. The number of hydrogen-bond acceptors (Lipinski definition) is 2. The molecule has 0 amide bonds. The number of unbranched alkanes of at least 4 members (excludes halogenated alkanes) is 7. The van der Waals surface area contributed by atoms with Gasteiger partial charge in [-0.2, -0.15) is 0 Å². The van der Waals surface area contributed by atoms with E-state index in [4.69, 9.17) is 0 Å². The van der Waals surface area contributed by atoms with Gasteiger partial charge < -0.3 is 0 Å². The van der Waals surface area contributed by atoms with Gasteiger partial charge in [-0.05, 0) is 6.42 Å². The van der Waals surface area contributed by atoms with Crippen LogP contribution in [0.1, 0.15) is 78.1 Å². The first-order valence-corrected chi connectivity index (χ1v) is 6.78. The molecule has 0 N–H and O–H groups in total. The minimum Gasteiger partial charge on any atom is -0.291 e. The molecule has 0 aliphatic carbocycles. The molecule has 0 unspecified atom stereocenters. The molecule has 0 aromatic rings. The number of ketones is 2. The van der Waals surface area contributed by atoms with E-state index in [0.29, 0.717) is 12.8 Å². The summed E-state index contributed by atoms with van der Waals surface area (Å²) in [6.45, 7) is 3.96. The van der Waals surface area contributed by atoms with Gasteiger partial charge in [0.2, 0.25) is 0 Å². The lowest BCUT2D eigenvalue weighted by Gasteiger charge is -2.00. The molecular formula is C14H26O2. The van der Waals surface area contributed by atoms with Crippen molar-refractivity contribution in [1.29, 1.82) is 0 Å². The van der Waals surface area contributed by atoms with Crippen molar-refractivity contribution < 1.29 is 9.59 Å². The van der Waals surface area contributed by atoms with Crippen molar-refractivity contribution in [3.8, 4) is 0 Å². The standard InChI is InChI=1S/C14H26O2/c1-3-5-6-7-8-9-10-11-12-14(16)13(15)4-2/h3-12H2,1-2H3. The molecule has 2 heteroatoms. The van der Waals surface area contributed by atoms with Gasteiger partial charge in [-0.25, -0.2) is 0 Å². The largest absolute Gasteiger partial charge is 0.291 e. The Morgan fingerprint density at radius 2 is 1.19 bits per heavy atom. The Morgan fingerprint density at radius 1 is 0.688 bits per heavy atom. The van der Waals surface area contributed by atoms with Gasteiger partial charge in [0.15, 0.2) is 11.6 Å².